The fraction of sp³-hybridized carbons (Fsp3) is 0.692. The Morgan fingerprint density at radius 3 is 2.75 bits per heavy atom. The van der Waals surface area contributed by atoms with E-state index in [-0.39, 0.29) is 0 Å². The number of hydrogen-bond acceptors (Lipinski definition) is 3. The van der Waals surface area contributed by atoms with E-state index in [1.807, 2.05) is 17.8 Å². The van der Waals surface area contributed by atoms with E-state index >= 15 is 0 Å². The van der Waals surface area contributed by atoms with Crippen molar-refractivity contribution >= 4 is 11.8 Å². The molecule has 0 aliphatic carbocycles. The van der Waals surface area contributed by atoms with Gasteiger partial charge < -0.3 is 9.73 Å². The summed E-state index contributed by atoms with van der Waals surface area (Å²) in [5, 5.41) is 3.51. The van der Waals surface area contributed by atoms with Crippen molar-refractivity contribution in [2.45, 2.75) is 33.2 Å². The van der Waals surface area contributed by atoms with Gasteiger partial charge in [0.05, 0.1) is 6.26 Å². The second kappa shape index (κ2) is 7.80. The molecule has 2 nitrogen and oxygen atoms in total. The maximum Gasteiger partial charge on any atom is 0.105 e. The molecule has 92 valence electrons. The van der Waals surface area contributed by atoms with Crippen LogP contribution in [0.1, 0.15) is 26.5 Å². The Morgan fingerprint density at radius 1 is 1.38 bits per heavy atom. The average molecular weight is 241 g/mol. The Kier molecular flexibility index (Phi) is 6.65. The van der Waals surface area contributed by atoms with E-state index in [0.717, 1.165) is 30.4 Å². The normalized spacial score (nSPS) is 13.2. The number of thioether (sulfide) groups is 1. The molecule has 1 aromatic rings. The average Bonchev–Trinajstić information content (AvgIpc) is 2.70. The molecular weight excluding hydrogens is 218 g/mol. The summed E-state index contributed by atoms with van der Waals surface area (Å²) in [6.07, 6.45) is 2.74. The lowest BCUT2D eigenvalue weighted by Gasteiger charge is -2.16. The Hall–Kier alpha value is -0.410. The minimum Gasteiger partial charge on any atom is -0.469 e. The predicted molar refractivity (Wildman–Crippen MR) is 72.0 cm³/mol. The Labute approximate surface area is 103 Å². The van der Waals surface area contributed by atoms with Crippen LogP contribution in [-0.4, -0.2) is 24.1 Å². The molecule has 0 bridgehead atoms. The van der Waals surface area contributed by atoms with Crippen LogP contribution in [0.5, 0.6) is 0 Å². The van der Waals surface area contributed by atoms with Gasteiger partial charge in [0.15, 0.2) is 0 Å². The third-order valence-electron chi connectivity index (χ3n) is 2.29. The fourth-order valence-electron chi connectivity index (χ4n) is 1.60. The van der Waals surface area contributed by atoms with Crippen LogP contribution in [0.15, 0.2) is 22.8 Å². The molecule has 1 heterocycles. The number of furan rings is 1. The van der Waals surface area contributed by atoms with Gasteiger partial charge in [0.25, 0.3) is 0 Å². The van der Waals surface area contributed by atoms with Gasteiger partial charge in [-0.15, -0.1) is 0 Å². The van der Waals surface area contributed by atoms with Gasteiger partial charge in [-0.1, -0.05) is 20.8 Å². The first kappa shape index (κ1) is 13.7. The molecule has 3 heteroatoms. The summed E-state index contributed by atoms with van der Waals surface area (Å²) in [4.78, 5) is 0. The second-order valence-electron chi connectivity index (χ2n) is 4.47. The van der Waals surface area contributed by atoms with Gasteiger partial charge >= 0.3 is 0 Å². The summed E-state index contributed by atoms with van der Waals surface area (Å²) < 4.78 is 5.39. The van der Waals surface area contributed by atoms with Crippen LogP contribution >= 0.6 is 11.8 Å². The van der Waals surface area contributed by atoms with Crippen LogP contribution in [-0.2, 0) is 6.42 Å². The molecule has 0 amide bonds. The van der Waals surface area contributed by atoms with Crippen molar-refractivity contribution in [3.05, 3.63) is 24.2 Å². The Morgan fingerprint density at radius 2 is 2.19 bits per heavy atom. The lowest BCUT2D eigenvalue weighted by atomic mass is 10.2. The summed E-state index contributed by atoms with van der Waals surface area (Å²) in [6, 6.07) is 4.54. The SMILES string of the molecule is CCNC(CSCC(C)C)Cc1ccco1. The smallest absolute Gasteiger partial charge is 0.105 e. The van der Waals surface area contributed by atoms with Gasteiger partial charge in [0, 0.05) is 18.2 Å². The third kappa shape index (κ3) is 5.61. The van der Waals surface area contributed by atoms with Crippen LogP contribution in [0.2, 0.25) is 0 Å². The van der Waals surface area contributed by atoms with Crippen LogP contribution in [0.25, 0.3) is 0 Å². The molecule has 0 aliphatic heterocycles. The van der Waals surface area contributed by atoms with Crippen LogP contribution < -0.4 is 5.32 Å². The van der Waals surface area contributed by atoms with E-state index < -0.39 is 0 Å². The van der Waals surface area contributed by atoms with E-state index in [4.69, 9.17) is 4.42 Å². The largest absolute Gasteiger partial charge is 0.469 e. The van der Waals surface area contributed by atoms with E-state index in [0.29, 0.717) is 6.04 Å². The first-order valence-corrected chi connectivity index (χ1v) is 7.21. The highest BCUT2D eigenvalue weighted by molar-refractivity contribution is 7.99. The van der Waals surface area contributed by atoms with Crippen molar-refractivity contribution in [2.75, 3.05) is 18.1 Å². The molecule has 0 fully saturated rings. The molecule has 1 aromatic heterocycles. The number of hydrogen-bond donors (Lipinski definition) is 1. The molecule has 0 saturated heterocycles. The first-order valence-electron chi connectivity index (χ1n) is 6.05. The van der Waals surface area contributed by atoms with Crippen molar-refractivity contribution in [1.82, 2.24) is 5.32 Å². The minimum absolute atomic E-state index is 0.528. The Bertz CT molecular complexity index is 259. The maximum absolute atomic E-state index is 5.39. The monoisotopic (exact) mass is 241 g/mol. The second-order valence-corrected chi connectivity index (χ2v) is 5.54. The topological polar surface area (TPSA) is 25.2 Å². The van der Waals surface area contributed by atoms with Crippen molar-refractivity contribution in [2.24, 2.45) is 5.92 Å². The molecular formula is C13H23NOS. The number of rotatable bonds is 8. The van der Waals surface area contributed by atoms with Crippen LogP contribution in [0.4, 0.5) is 0 Å². The quantitative estimate of drug-likeness (QED) is 0.756. The number of likely N-dealkylation sites (N-methyl/N-ethyl adjacent to an activating group) is 1. The molecule has 16 heavy (non-hydrogen) atoms. The summed E-state index contributed by atoms with van der Waals surface area (Å²) in [6.45, 7) is 7.71. The van der Waals surface area contributed by atoms with Gasteiger partial charge in [-0.05, 0) is 30.3 Å². The zero-order valence-corrected chi connectivity index (χ0v) is 11.3. The molecule has 0 aliphatic rings. The molecule has 1 rings (SSSR count). The van der Waals surface area contributed by atoms with Gasteiger partial charge in [0.2, 0.25) is 0 Å². The van der Waals surface area contributed by atoms with Crippen molar-refractivity contribution in [3.63, 3.8) is 0 Å². The van der Waals surface area contributed by atoms with E-state index in [9.17, 15) is 0 Å². The summed E-state index contributed by atoms with van der Waals surface area (Å²) in [7, 11) is 0. The standard InChI is InChI=1S/C13H23NOS/c1-4-14-12(10-16-9-11(2)3)8-13-6-5-7-15-13/h5-7,11-12,14H,4,8-10H2,1-3H3. The summed E-state index contributed by atoms with van der Waals surface area (Å²) >= 11 is 2.03. The van der Waals surface area contributed by atoms with E-state index in [1.54, 1.807) is 6.26 Å². The zero-order valence-electron chi connectivity index (χ0n) is 10.5. The highest BCUT2D eigenvalue weighted by Gasteiger charge is 2.10. The third-order valence-corrected chi connectivity index (χ3v) is 3.83. The van der Waals surface area contributed by atoms with E-state index in [2.05, 4.69) is 32.2 Å². The van der Waals surface area contributed by atoms with Gasteiger partial charge in [-0.25, -0.2) is 0 Å². The number of nitrogens with one attached hydrogen (secondary N) is 1. The highest BCUT2D eigenvalue weighted by Crippen LogP contribution is 2.12. The molecule has 1 unspecified atom stereocenters. The van der Waals surface area contributed by atoms with Gasteiger partial charge in [-0.2, -0.15) is 11.8 Å². The highest BCUT2D eigenvalue weighted by atomic mass is 32.2. The van der Waals surface area contributed by atoms with Crippen LogP contribution in [0.3, 0.4) is 0 Å². The lowest BCUT2D eigenvalue weighted by Crippen LogP contribution is -2.33. The van der Waals surface area contributed by atoms with Crippen molar-refractivity contribution < 1.29 is 4.42 Å². The van der Waals surface area contributed by atoms with Crippen molar-refractivity contribution in [1.29, 1.82) is 0 Å². The molecule has 0 radical (unpaired) electrons. The molecule has 1 N–H and O–H groups in total. The van der Waals surface area contributed by atoms with Gasteiger partial charge in [0.1, 0.15) is 5.76 Å². The predicted octanol–water partition coefficient (Wildman–Crippen LogP) is 3.19. The molecule has 1 atom stereocenters. The van der Waals surface area contributed by atoms with Gasteiger partial charge in [-0.3, -0.25) is 0 Å². The lowest BCUT2D eigenvalue weighted by molar-refractivity contribution is 0.465. The molecule has 0 saturated carbocycles. The maximum atomic E-state index is 5.39. The van der Waals surface area contributed by atoms with Crippen LogP contribution in [0, 0.1) is 5.92 Å². The molecule has 0 spiro atoms. The minimum atomic E-state index is 0.528. The van der Waals surface area contributed by atoms with E-state index in [1.165, 1.54) is 5.75 Å². The Balaban J connectivity index is 2.29. The fourth-order valence-corrected chi connectivity index (χ4v) is 2.72. The summed E-state index contributed by atoms with van der Waals surface area (Å²) in [5.41, 5.74) is 0. The summed E-state index contributed by atoms with van der Waals surface area (Å²) in [5.74, 6) is 4.25. The van der Waals surface area contributed by atoms with Crippen molar-refractivity contribution in [3.8, 4) is 0 Å². The molecule has 0 aromatic carbocycles. The zero-order chi connectivity index (χ0) is 11.8. The first-order chi connectivity index (χ1) is 7.72.